The molecule has 0 spiro atoms. The van der Waals surface area contributed by atoms with E-state index >= 15 is 0 Å². The minimum absolute atomic E-state index is 0.161. The van der Waals surface area contributed by atoms with E-state index in [1.54, 1.807) is 46.9 Å². The molecule has 1 aliphatic heterocycles. The molecule has 1 aliphatic carbocycles. The summed E-state index contributed by atoms with van der Waals surface area (Å²) in [5.74, 6) is -1.39. The van der Waals surface area contributed by atoms with E-state index in [9.17, 15) is 22.4 Å². The molecule has 1 saturated heterocycles. The molecule has 11 heteroatoms. The number of anilines is 1. The van der Waals surface area contributed by atoms with Crippen molar-refractivity contribution in [3.63, 3.8) is 0 Å². The van der Waals surface area contributed by atoms with Crippen molar-refractivity contribution in [3.05, 3.63) is 70.9 Å². The lowest BCUT2D eigenvalue weighted by Crippen LogP contribution is -2.50. The van der Waals surface area contributed by atoms with E-state index in [4.69, 9.17) is 10.5 Å². The number of ether oxygens (including phenoxy) is 1. The van der Waals surface area contributed by atoms with Crippen molar-refractivity contribution in [3.8, 4) is 0 Å². The number of alkyl halides is 3. The minimum Gasteiger partial charge on any atom is -0.382 e. The fraction of sp³-hybridized carbons (Fsp3) is 0.292. The van der Waals surface area contributed by atoms with Gasteiger partial charge in [-0.3, -0.25) is 9.20 Å². The van der Waals surface area contributed by atoms with E-state index in [-0.39, 0.29) is 25.0 Å². The summed E-state index contributed by atoms with van der Waals surface area (Å²) in [5, 5.41) is 0. The van der Waals surface area contributed by atoms with Crippen LogP contribution in [0.3, 0.4) is 0 Å². The van der Waals surface area contributed by atoms with Gasteiger partial charge in [-0.15, -0.1) is 0 Å². The predicted octanol–water partition coefficient (Wildman–Crippen LogP) is 4.15. The van der Waals surface area contributed by atoms with Gasteiger partial charge in [0.1, 0.15) is 17.2 Å². The summed E-state index contributed by atoms with van der Waals surface area (Å²) in [7, 11) is 0. The third-order valence-corrected chi connectivity index (χ3v) is 6.71. The van der Waals surface area contributed by atoms with Crippen LogP contribution in [0.1, 0.15) is 40.0 Å². The van der Waals surface area contributed by atoms with Crippen LogP contribution in [0.15, 0.2) is 42.9 Å². The van der Waals surface area contributed by atoms with Crippen LogP contribution in [-0.4, -0.2) is 43.9 Å². The van der Waals surface area contributed by atoms with Gasteiger partial charge >= 0.3 is 6.18 Å². The lowest BCUT2D eigenvalue weighted by Gasteiger charge is -2.41. The topological polar surface area (TPSA) is 85.8 Å². The second-order valence-electron chi connectivity index (χ2n) is 8.97. The number of imidazole rings is 1. The molecule has 0 radical (unpaired) electrons. The molecule has 1 fully saturated rings. The van der Waals surface area contributed by atoms with E-state index < -0.39 is 29.7 Å². The van der Waals surface area contributed by atoms with Crippen LogP contribution in [0.25, 0.3) is 16.6 Å². The first-order valence-corrected chi connectivity index (χ1v) is 11.0. The number of benzene rings is 2. The monoisotopic (exact) mass is 485 g/mol. The Balaban J connectivity index is 1.43. The van der Waals surface area contributed by atoms with Gasteiger partial charge in [-0.05, 0) is 48.4 Å². The number of amides is 1. The number of nitrogen functional groups attached to an aromatic ring is 1. The van der Waals surface area contributed by atoms with Crippen molar-refractivity contribution in [2.24, 2.45) is 0 Å². The smallest absolute Gasteiger partial charge is 0.382 e. The summed E-state index contributed by atoms with van der Waals surface area (Å²) >= 11 is 0. The van der Waals surface area contributed by atoms with E-state index in [0.717, 1.165) is 12.1 Å². The van der Waals surface area contributed by atoms with Crippen LogP contribution >= 0.6 is 0 Å². The summed E-state index contributed by atoms with van der Waals surface area (Å²) in [6, 6.07) is 6.01. The van der Waals surface area contributed by atoms with Crippen LogP contribution < -0.4 is 5.73 Å². The standard InChI is InChI=1S/C24H19F4N5O2/c1-11-9-32(21-14-7-16(25)15(24(26,27)28)4-13(14)6-20(21)35-11)23(34)12-2-3-17-18(5-12)33-10-30-8-19(33)22(29)31-17/h2-5,7-8,10-11,20-21H,6,9H2,1H3,(H2,29,31)/t11-,20+,21-/m0/s1. The summed E-state index contributed by atoms with van der Waals surface area (Å²) in [4.78, 5) is 23.7. The Morgan fingerprint density at radius 3 is 2.77 bits per heavy atom. The first-order chi connectivity index (χ1) is 16.6. The van der Waals surface area contributed by atoms with Crippen LogP contribution in [-0.2, 0) is 17.3 Å². The number of hydrogen-bond acceptors (Lipinski definition) is 5. The molecule has 4 aromatic rings. The van der Waals surface area contributed by atoms with Crippen LogP contribution in [0.4, 0.5) is 23.4 Å². The Morgan fingerprint density at radius 1 is 1.20 bits per heavy atom. The van der Waals surface area contributed by atoms with Crippen molar-refractivity contribution in [2.45, 2.75) is 37.8 Å². The third-order valence-electron chi connectivity index (χ3n) is 6.71. The highest BCUT2D eigenvalue weighted by molar-refractivity contribution is 5.98. The van der Waals surface area contributed by atoms with Crippen LogP contribution in [0.2, 0.25) is 0 Å². The van der Waals surface area contributed by atoms with Crippen molar-refractivity contribution in [1.82, 2.24) is 19.3 Å². The zero-order chi connectivity index (χ0) is 24.6. The van der Waals surface area contributed by atoms with Gasteiger partial charge in [0.2, 0.25) is 0 Å². The van der Waals surface area contributed by atoms with Gasteiger partial charge in [-0.2, -0.15) is 13.2 Å². The summed E-state index contributed by atoms with van der Waals surface area (Å²) in [6.45, 7) is 2.00. The van der Waals surface area contributed by atoms with Gasteiger partial charge in [0, 0.05) is 18.5 Å². The number of carbonyl (C=O) groups excluding carboxylic acids is 1. The number of rotatable bonds is 1. The van der Waals surface area contributed by atoms with E-state index in [1.807, 2.05) is 0 Å². The average Bonchev–Trinajstić information content (AvgIpc) is 3.42. The molecule has 3 atom stereocenters. The fourth-order valence-corrected chi connectivity index (χ4v) is 5.24. The summed E-state index contributed by atoms with van der Waals surface area (Å²) < 4.78 is 62.0. The fourth-order valence-electron chi connectivity index (χ4n) is 5.24. The Bertz CT molecular complexity index is 1520. The lowest BCUT2D eigenvalue weighted by molar-refractivity contribution is -0.140. The Hall–Kier alpha value is -3.73. The maximum absolute atomic E-state index is 14.5. The van der Waals surface area contributed by atoms with Crippen molar-refractivity contribution in [1.29, 1.82) is 0 Å². The van der Waals surface area contributed by atoms with Crippen LogP contribution in [0.5, 0.6) is 0 Å². The Morgan fingerprint density at radius 2 is 2.00 bits per heavy atom. The van der Waals surface area contributed by atoms with E-state index in [2.05, 4.69) is 9.97 Å². The van der Waals surface area contributed by atoms with Gasteiger partial charge in [-0.25, -0.2) is 14.4 Å². The molecule has 2 N–H and O–H groups in total. The minimum atomic E-state index is -4.81. The molecule has 0 saturated carbocycles. The third kappa shape index (κ3) is 3.33. The first-order valence-electron chi connectivity index (χ1n) is 11.0. The van der Waals surface area contributed by atoms with Crippen LogP contribution in [0, 0.1) is 5.82 Å². The summed E-state index contributed by atoms with van der Waals surface area (Å²) in [6.07, 6.45) is -2.41. The highest BCUT2D eigenvalue weighted by Gasteiger charge is 2.46. The average molecular weight is 485 g/mol. The Labute approximate surface area is 196 Å². The normalized spacial score (nSPS) is 22.0. The van der Waals surface area contributed by atoms with E-state index in [1.165, 1.54) is 0 Å². The molecule has 2 aromatic heterocycles. The molecular weight excluding hydrogens is 466 g/mol. The van der Waals surface area contributed by atoms with Gasteiger partial charge in [0.05, 0.1) is 47.4 Å². The molecule has 6 rings (SSSR count). The zero-order valence-electron chi connectivity index (χ0n) is 18.4. The van der Waals surface area contributed by atoms with Crippen molar-refractivity contribution >= 4 is 28.3 Å². The second-order valence-corrected chi connectivity index (χ2v) is 8.97. The zero-order valence-corrected chi connectivity index (χ0v) is 18.4. The number of nitrogens with two attached hydrogens (primary N) is 1. The number of aromatic nitrogens is 3. The SMILES string of the molecule is C[C@H]1CN(C(=O)c2ccc3nc(N)c4cncn4c3c2)[C@H]2c3cc(F)c(C(F)(F)F)cc3C[C@H]2O1. The van der Waals surface area contributed by atoms with Gasteiger partial charge in [-0.1, -0.05) is 0 Å². The maximum atomic E-state index is 14.5. The van der Waals surface area contributed by atoms with Gasteiger partial charge < -0.3 is 15.4 Å². The van der Waals surface area contributed by atoms with Crippen molar-refractivity contribution in [2.75, 3.05) is 12.3 Å². The van der Waals surface area contributed by atoms with Crippen molar-refractivity contribution < 1.29 is 27.1 Å². The number of hydrogen-bond donors (Lipinski definition) is 1. The highest BCUT2D eigenvalue weighted by atomic mass is 19.4. The van der Waals surface area contributed by atoms with Gasteiger partial charge in [0.25, 0.3) is 5.91 Å². The molecular formula is C24H19F4N5O2. The molecule has 180 valence electrons. The maximum Gasteiger partial charge on any atom is 0.419 e. The number of nitrogens with zero attached hydrogens (tertiary/aromatic N) is 4. The second kappa shape index (κ2) is 7.38. The molecule has 35 heavy (non-hydrogen) atoms. The molecule has 2 aliphatic rings. The molecule has 3 heterocycles. The molecule has 2 aromatic carbocycles. The number of halogens is 4. The lowest BCUT2D eigenvalue weighted by atomic mass is 10.00. The predicted molar refractivity (Wildman–Crippen MR) is 118 cm³/mol. The van der Waals surface area contributed by atoms with Gasteiger partial charge in [0.15, 0.2) is 0 Å². The largest absolute Gasteiger partial charge is 0.419 e. The first kappa shape index (κ1) is 21.8. The highest BCUT2D eigenvalue weighted by Crippen LogP contribution is 2.44. The Kier molecular flexibility index (Phi) is 4.59. The number of carbonyl (C=O) groups is 1. The quantitative estimate of drug-likeness (QED) is 0.410. The molecule has 0 unspecified atom stereocenters. The number of morpholine rings is 1. The number of fused-ring (bicyclic) bond motifs is 6. The molecule has 7 nitrogen and oxygen atoms in total. The van der Waals surface area contributed by atoms with E-state index in [0.29, 0.717) is 39.1 Å². The molecule has 0 bridgehead atoms. The summed E-state index contributed by atoms with van der Waals surface area (Å²) in [5.41, 5.74) is 7.50. The molecule has 1 amide bonds.